The van der Waals surface area contributed by atoms with E-state index in [4.69, 9.17) is 15.7 Å². The summed E-state index contributed by atoms with van der Waals surface area (Å²) in [6.45, 7) is 4.24. The highest BCUT2D eigenvalue weighted by Crippen LogP contribution is 2.33. The third kappa shape index (κ3) is 2.81. The molecule has 5 heteroatoms. The highest BCUT2D eigenvalue weighted by Gasteiger charge is 2.13. The van der Waals surface area contributed by atoms with E-state index in [1.54, 1.807) is 6.92 Å². The van der Waals surface area contributed by atoms with Crippen LogP contribution in [0.3, 0.4) is 0 Å². The molecular weight excluding hydrogens is 270 g/mol. The van der Waals surface area contributed by atoms with Crippen LogP contribution >= 0.6 is 11.3 Å². The molecule has 2 rings (SSSR count). The number of hydrogen-bond acceptors (Lipinski definition) is 5. The van der Waals surface area contributed by atoms with Gasteiger partial charge in [-0.1, -0.05) is 12.1 Å². The van der Waals surface area contributed by atoms with Gasteiger partial charge in [-0.05, 0) is 26.0 Å². The number of allylic oxidation sites excluding steroid dienone is 2. The largest absolute Gasteiger partial charge is 0.493 e. The highest BCUT2D eigenvalue weighted by molar-refractivity contribution is 7.13. The molecule has 0 atom stereocenters. The van der Waals surface area contributed by atoms with Crippen molar-refractivity contribution in [2.24, 2.45) is 5.73 Å². The van der Waals surface area contributed by atoms with Gasteiger partial charge in [-0.3, -0.25) is 0 Å². The maximum absolute atomic E-state index is 9.12. The molecule has 0 spiro atoms. The number of rotatable bonds is 4. The Balaban J connectivity index is 2.45. The molecule has 20 heavy (non-hydrogen) atoms. The number of para-hydroxylation sites is 1. The molecule has 2 aromatic rings. The van der Waals surface area contributed by atoms with E-state index in [2.05, 4.69) is 11.1 Å². The van der Waals surface area contributed by atoms with Crippen molar-refractivity contribution in [3.63, 3.8) is 0 Å². The van der Waals surface area contributed by atoms with E-state index in [1.165, 1.54) is 11.3 Å². The zero-order valence-corrected chi connectivity index (χ0v) is 12.2. The van der Waals surface area contributed by atoms with E-state index < -0.39 is 0 Å². The molecule has 2 N–H and O–H groups in total. The van der Waals surface area contributed by atoms with Gasteiger partial charge in [0.25, 0.3) is 0 Å². The molecule has 0 amide bonds. The standard InChI is InChI=1S/C15H15N3OS/c1-3-19-14-7-5-4-6-11(14)15-18-13(9-20-15)12(8-16)10(2)17/h4-7,9H,3,17H2,1-2H3/b12-10-. The molecule has 1 heterocycles. The molecule has 0 saturated heterocycles. The Labute approximate surface area is 122 Å². The Hall–Kier alpha value is -2.32. The molecular formula is C15H15N3OS. The van der Waals surface area contributed by atoms with Gasteiger partial charge >= 0.3 is 0 Å². The normalized spacial score (nSPS) is 11.7. The monoisotopic (exact) mass is 285 g/mol. The fraction of sp³-hybridized carbons (Fsp3) is 0.200. The number of nitrogens with two attached hydrogens (primary N) is 1. The quantitative estimate of drug-likeness (QED) is 0.874. The summed E-state index contributed by atoms with van der Waals surface area (Å²) in [7, 11) is 0. The molecule has 1 aromatic heterocycles. The SMILES string of the molecule is CCOc1ccccc1-c1nc(/C(C#N)=C(/C)N)cs1. The van der Waals surface area contributed by atoms with Gasteiger partial charge in [-0.15, -0.1) is 11.3 Å². The van der Waals surface area contributed by atoms with Gasteiger partial charge in [0.15, 0.2) is 0 Å². The second-order valence-corrected chi connectivity index (χ2v) is 4.99. The van der Waals surface area contributed by atoms with Crippen LogP contribution in [-0.2, 0) is 0 Å². The highest BCUT2D eigenvalue weighted by atomic mass is 32.1. The summed E-state index contributed by atoms with van der Waals surface area (Å²) in [5.74, 6) is 0.794. The van der Waals surface area contributed by atoms with E-state index in [1.807, 2.05) is 36.6 Å². The third-order valence-corrected chi connectivity index (χ3v) is 3.56. The lowest BCUT2D eigenvalue weighted by Crippen LogP contribution is -1.97. The molecule has 0 fully saturated rings. The molecule has 4 nitrogen and oxygen atoms in total. The molecule has 102 valence electrons. The number of ether oxygens (including phenoxy) is 1. The maximum Gasteiger partial charge on any atom is 0.129 e. The summed E-state index contributed by atoms with van der Waals surface area (Å²) < 4.78 is 5.60. The van der Waals surface area contributed by atoms with E-state index in [-0.39, 0.29) is 0 Å². The van der Waals surface area contributed by atoms with Crippen LogP contribution in [-0.4, -0.2) is 11.6 Å². The molecule has 1 aromatic carbocycles. The summed E-state index contributed by atoms with van der Waals surface area (Å²) in [5.41, 5.74) is 8.13. The molecule has 0 aliphatic carbocycles. The maximum atomic E-state index is 9.12. The van der Waals surface area contributed by atoms with Crippen LogP contribution in [0.5, 0.6) is 5.75 Å². The topological polar surface area (TPSA) is 71.9 Å². The predicted molar refractivity (Wildman–Crippen MR) is 81.1 cm³/mol. The summed E-state index contributed by atoms with van der Waals surface area (Å²) in [6.07, 6.45) is 0. The van der Waals surface area contributed by atoms with Crippen molar-refractivity contribution in [3.8, 4) is 22.4 Å². The second-order valence-electron chi connectivity index (χ2n) is 4.14. The minimum Gasteiger partial charge on any atom is -0.493 e. The predicted octanol–water partition coefficient (Wildman–Crippen LogP) is 3.42. The van der Waals surface area contributed by atoms with Gasteiger partial charge in [0, 0.05) is 11.1 Å². The Kier molecular flexibility index (Phi) is 4.38. The number of benzene rings is 1. The van der Waals surface area contributed by atoms with Crippen LogP contribution in [0.4, 0.5) is 0 Å². The van der Waals surface area contributed by atoms with Gasteiger partial charge in [-0.25, -0.2) is 4.98 Å². The van der Waals surface area contributed by atoms with Gasteiger partial charge < -0.3 is 10.5 Å². The fourth-order valence-electron chi connectivity index (χ4n) is 1.78. The second kappa shape index (κ2) is 6.22. The number of nitrogens with zero attached hydrogens (tertiary/aromatic N) is 2. The number of hydrogen-bond donors (Lipinski definition) is 1. The van der Waals surface area contributed by atoms with Gasteiger partial charge in [-0.2, -0.15) is 5.26 Å². The summed E-state index contributed by atoms with van der Waals surface area (Å²) in [4.78, 5) is 4.49. The molecule has 0 bridgehead atoms. The molecule has 0 aliphatic rings. The average Bonchev–Trinajstić information content (AvgIpc) is 2.89. The van der Waals surface area contributed by atoms with Crippen LogP contribution < -0.4 is 10.5 Å². The van der Waals surface area contributed by atoms with Crippen LogP contribution in [0.1, 0.15) is 19.5 Å². The third-order valence-electron chi connectivity index (χ3n) is 2.68. The van der Waals surface area contributed by atoms with Crippen molar-refractivity contribution in [3.05, 3.63) is 41.0 Å². The number of nitriles is 1. The zero-order valence-electron chi connectivity index (χ0n) is 11.4. The Morgan fingerprint density at radius 2 is 2.20 bits per heavy atom. The van der Waals surface area contributed by atoms with Gasteiger partial charge in [0.1, 0.15) is 16.8 Å². The zero-order chi connectivity index (χ0) is 14.5. The van der Waals surface area contributed by atoms with Crippen LogP contribution in [0, 0.1) is 11.3 Å². The molecule has 0 radical (unpaired) electrons. The first kappa shape index (κ1) is 14.1. The summed E-state index contributed by atoms with van der Waals surface area (Å²) >= 11 is 1.47. The first-order valence-corrected chi connectivity index (χ1v) is 7.09. The van der Waals surface area contributed by atoms with Crippen LogP contribution in [0.15, 0.2) is 35.3 Å². The Morgan fingerprint density at radius 3 is 2.85 bits per heavy atom. The minimum absolute atomic E-state index is 0.418. The van der Waals surface area contributed by atoms with Crippen molar-refractivity contribution >= 4 is 16.9 Å². The lowest BCUT2D eigenvalue weighted by Gasteiger charge is -2.07. The smallest absolute Gasteiger partial charge is 0.129 e. The lowest BCUT2D eigenvalue weighted by molar-refractivity contribution is 0.341. The molecule has 0 unspecified atom stereocenters. The van der Waals surface area contributed by atoms with Crippen molar-refractivity contribution < 1.29 is 4.74 Å². The van der Waals surface area contributed by atoms with Crippen molar-refractivity contribution in [1.29, 1.82) is 5.26 Å². The lowest BCUT2D eigenvalue weighted by atomic mass is 10.2. The molecule has 0 aliphatic heterocycles. The van der Waals surface area contributed by atoms with E-state index >= 15 is 0 Å². The van der Waals surface area contributed by atoms with E-state index in [9.17, 15) is 0 Å². The van der Waals surface area contributed by atoms with Crippen molar-refractivity contribution in [1.82, 2.24) is 4.98 Å². The first-order chi connectivity index (χ1) is 9.67. The van der Waals surface area contributed by atoms with Crippen LogP contribution in [0.2, 0.25) is 0 Å². The fourth-order valence-corrected chi connectivity index (χ4v) is 2.62. The van der Waals surface area contributed by atoms with Crippen molar-refractivity contribution in [2.45, 2.75) is 13.8 Å². The summed E-state index contributed by atoms with van der Waals surface area (Å²) in [6, 6.07) is 9.82. The Morgan fingerprint density at radius 1 is 1.45 bits per heavy atom. The average molecular weight is 285 g/mol. The number of aromatic nitrogens is 1. The first-order valence-electron chi connectivity index (χ1n) is 6.22. The van der Waals surface area contributed by atoms with Crippen molar-refractivity contribution in [2.75, 3.05) is 6.61 Å². The minimum atomic E-state index is 0.418. The van der Waals surface area contributed by atoms with E-state index in [0.717, 1.165) is 16.3 Å². The van der Waals surface area contributed by atoms with Crippen LogP contribution in [0.25, 0.3) is 16.1 Å². The summed E-state index contributed by atoms with van der Waals surface area (Å²) in [5, 5.41) is 11.8. The van der Waals surface area contributed by atoms with Gasteiger partial charge in [0.2, 0.25) is 0 Å². The number of thiazole rings is 1. The van der Waals surface area contributed by atoms with Gasteiger partial charge in [0.05, 0.1) is 23.4 Å². The van der Waals surface area contributed by atoms with E-state index in [0.29, 0.717) is 23.6 Å². The Bertz CT molecular complexity index is 678. The molecule has 0 saturated carbocycles.